The van der Waals surface area contributed by atoms with Crippen molar-refractivity contribution in [2.75, 3.05) is 30.0 Å². The zero-order valence-corrected chi connectivity index (χ0v) is 16.0. The number of hydrogen-bond donors (Lipinski definition) is 1. The van der Waals surface area contributed by atoms with Crippen LogP contribution in [0, 0.1) is 5.92 Å². The van der Waals surface area contributed by atoms with Crippen LogP contribution in [-0.2, 0) is 24.8 Å². The minimum atomic E-state index is -1.35. The van der Waals surface area contributed by atoms with E-state index in [4.69, 9.17) is 9.47 Å². The first-order valence-corrected chi connectivity index (χ1v) is 10.2. The lowest BCUT2D eigenvalue weighted by Crippen LogP contribution is -2.47. The van der Waals surface area contributed by atoms with Crippen LogP contribution in [0.4, 0.5) is 11.4 Å². The molecule has 1 aromatic carbocycles. The second kappa shape index (κ2) is 7.60. The molecule has 6 nitrogen and oxygen atoms in total. The molecule has 0 atom stereocenters. The second-order valence-corrected chi connectivity index (χ2v) is 7.68. The Bertz CT molecular complexity index is 721. The van der Waals surface area contributed by atoms with Gasteiger partial charge >= 0.3 is 0 Å². The monoisotopic (exact) mass is 372 g/mol. The molecule has 3 aliphatic rings. The third-order valence-corrected chi connectivity index (χ3v) is 5.80. The number of ether oxygens (including phenoxy) is 2. The van der Waals surface area contributed by atoms with Gasteiger partial charge in [0, 0.05) is 23.7 Å². The Morgan fingerprint density at radius 2 is 1.96 bits per heavy atom. The molecular weight excluding hydrogens is 344 g/mol. The normalized spacial score (nSPS) is 21.7. The average molecular weight is 372 g/mol. The summed E-state index contributed by atoms with van der Waals surface area (Å²) in [5, 5.41) is 3.03. The molecule has 0 radical (unpaired) electrons. The third-order valence-electron chi connectivity index (χ3n) is 5.80. The maximum atomic E-state index is 13.2. The second-order valence-electron chi connectivity index (χ2n) is 7.68. The van der Waals surface area contributed by atoms with Crippen LogP contribution in [0.2, 0.25) is 0 Å². The van der Waals surface area contributed by atoms with Gasteiger partial charge in [0.25, 0.3) is 11.7 Å². The Morgan fingerprint density at radius 1 is 1.22 bits per heavy atom. The highest BCUT2D eigenvalue weighted by molar-refractivity contribution is 6.07. The molecule has 2 amide bonds. The van der Waals surface area contributed by atoms with Gasteiger partial charge < -0.3 is 19.7 Å². The summed E-state index contributed by atoms with van der Waals surface area (Å²) in [5.74, 6) is -1.34. The largest absolute Gasteiger partial charge is 0.338 e. The standard InChI is InChI=1S/C21H28N2O4/c1-2-3-11-23-18-10-9-16(22-19(24)15-7-4-5-8-15)14-17(18)21(20(23)25)26-12-6-13-27-21/h9-10,14-15H,2-8,11-13H2,1H3,(H,22,24). The van der Waals surface area contributed by atoms with Gasteiger partial charge in [-0.05, 0) is 43.9 Å². The molecule has 1 N–H and O–H groups in total. The molecule has 1 aliphatic carbocycles. The number of nitrogens with zero attached hydrogens (tertiary/aromatic N) is 1. The van der Waals surface area contributed by atoms with Crippen molar-refractivity contribution in [3.63, 3.8) is 0 Å². The van der Waals surface area contributed by atoms with Crippen LogP contribution in [0.5, 0.6) is 0 Å². The number of benzene rings is 1. The van der Waals surface area contributed by atoms with E-state index in [9.17, 15) is 9.59 Å². The number of fused-ring (bicyclic) bond motifs is 2. The topological polar surface area (TPSA) is 67.9 Å². The molecule has 1 saturated heterocycles. The summed E-state index contributed by atoms with van der Waals surface area (Å²) in [4.78, 5) is 27.4. The SMILES string of the molecule is CCCCN1C(=O)C2(OCCCO2)c2cc(NC(=O)C3CCCC3)ccc21. The van der Waals surface area contributed by atoms with Gasteiger partial charge in [-0.3, -0.25) is 9.59 Å². The van der Waals surface area contributed by atoms with E-state index < -0.39 is 5.79 Å². The summed E-state index contributed by atoms with van der Waals surface area (Å²) in [6, 6.07) is 5.64. The highest BCUT2D eigenvalue weighted by Gasteiger charge is 2.54. The van der Waals surface area contributed by atoms with Crippen molar-refractivity contribution in [1.29, 1.82) is 0 Å². The Labute approximate surface area is 160 Å². The zero-order valence-electron chi connectivity index (χ0n) is 16.0. The quantitative estimate of drug-likeness (QED) is 0.858. The number of unbranched alkanes of at least 4 members (excludes halogenated alkanes) is 1. The summed E-state index contributed by atoms with van der Waals surface area (Å²) >= 11 is 0. The maximum absolute atomic E-state index is 13.2. The van der Waals surface area contributed by atoms with Gasteiger partial charge in [0.05, 0.1) is 18.9 Å². The number of carbonyl (C=O) groups excluding carboxylic acids is 2. The highest BCUT2D eigenvalue weighted by atomic mass is 16.7. The molecule has 0 aromatic heterocycles. The van der Waals surface area contributed by atoms with E-state index in [0.717, 1.165) is 50.6 Å². The summed E-state index contributed by atoms with van der Waals surface area (Å²) in [7, 11) is 0. The molecule has 4 rings (SSSR count). The van der Waals surface area contributed by atoms with Crippen LogP contribution in [0.3, 0.4) is 0 Å². The number of amides is 2. The van der Waals surface area contributed by atoms with Gasteiger partial charge in [-0.2, -0.15) is 0 Å². The van der Waals surface area contributed by atoms with Crippen LogP contribution in [0.25, 0.3) is 0 Å². The van der Waals surface area contributed by atoms with Crippen molar-refractivity contribution in [1.82, 2.24) is 0 Å². The molecule has 1 saturated carbocycles. The van der Waals surface area contributed by atoms with E-state index in [1.54, 1.807) is 4.90 Å². The lowest BCUT2D eigenvalue weighted by molar-refractivity contribution is -0.256. The van der Waals surface area contributed by atoms with Crippen LogP contribution < -0.4 is 10.2 Å². The summed E-state index contributed by atoms with van der Waals surface area (Å²) in [6.45, 7) is 3.73. The molecule has 0 unspecified atom stereocenters. The van der Waals surface area contributed by atoms with E-state index in [2.05, 4.69) is 12.2 Å². The molecule has 2 heterocycles. The Hall–Kier alpha value is -1.92. The van der Waals surface area contributed by atoms with Gasteiger partial charge in [0.2, 0.25) is 5.91 Å². The van der Waals surface area contributed by atoms with Crippen LogP contribution >= 0.6 is 0 Å². The lowest BCUT2D eigenvalue weighted by Gasteiger charge is -2.32. The van der Waals surface area contributed by atoms with Gasteiger partial charge in [0.15, 0.2) is 0 Å². The number of hydrogen-bond acceptors (Lipinski definition) is 4. The van der Waals surface area contributed by atoms with E-state index >= 15 is 0 Å². The number of rotatable bonds is 5. The van der Waals surface area contributed by atoms with Crippen molar-refractivity contribution < 1.29 is 19.1 Å². The lowest BCUT2D eigenvalue weighted by atomic mass is 10.0. The Balaban J connectivity index is 1.64. The van der Waals surface area contributed by atoms with E-state index in [0.29, 0.717) is 31.0 Å². The highest BCUT2D eigenvalue weighted by Crippen LogP contribution is 2.46. The summed E-state index contributed by atoms with van der Waals surface area (Å²) in [5.41, 5.74) is 2.25. The molecule has 1 spiro atoms. The first-order valence-electron chi connectivity index (χ1n) is 10.2. The Morgan fingerprint density at radius 3 is 2.67 bits per heavy atom. The van der Waals surface area contributed by atoms with E-state index in [1.165, 1.54) is 0 Å². The van der Waals surface area contributed by atoms with Crippen molar-refractivity contribution in [2.45, 2.75) is 57.7 Å². The fourth-order valence-corrected chi connectivity index (χ4v) is 4.30. The van der Waals surface area contributed by atoms with Crippen LogP contribution in [0.15, 0.2) is 18.2 Å². The number of carbonyl (C=O) groups is 2. The first kappa shape index (κ1) is 18.4. The van der Waals surface area contributed by atoms with Crippen molar-refractivity contribution >= 4 is 23.2 Å². The van der Waals surface area contributed by atoms with Crippen molar-refractivity contribution in [3.05, 3.63) is 23.8 Å². The molecule has 0 bridgehead atoms. The van der Waals surface area contributed by atoms with Crippen molar-refractivity contribution in [2.24, 2.45) is 5.92 Å². The van der Waals surface area contributed by atoms with E-state index in [-0.39, 0.29) is 17.7 Å². The minimum absolute atomic E-state index is 0.0687. The van der Waals surface area contributed by atoms with Crippen LogP contribution in [-0.4, -0.2) is 31.6 Å². The first-order chi connectivity index (χ1) is 13.2. The van der Waals surface area contributed by atoms with Gasteiger partial charge in [-0.1, -0.05) is 26.2 Å². The number of nitrogens with one attached hydrogen (secondary N) is 1. The fourth-order valence-electron chi connectivity index (χ4n) is 4.30. The fraction of sp³-hybridized carbons (Fsp3) is 0.619. The van der Waals surface area contributed by atoms with Gasteiger partial charge in [-0.25, -0.2) is 0 Å². The molecule has 1 aromatic rings. The molecule has 146 valence electrons. The molecule has 27 heavy (non-hydrogen) atoms. The molecule has 2 aliphatic heterocycles. The molecular formula is C21H28N2O4. The van der Waals surface area contributed by atoms with Gasteiger partial charge in [0.1, 0.15) is 0 Å². The average Bonchev–Trinajstić information content (AvgIpc) is 3.30. The molecule has 6 heteroatoms. The number of anilines is 2. The Kier molecular flexibility index (Phi) is 5.19. The minimum Gasteiger partial charge on any atom is -0.338 e. The summed E-state index contributed by atoms with van der Waals surface area (Å²) < 4.78 is 11.8. The maximum Gasteiger partial charge on any atom is 0.292 e. The zero-order chi connectivity index (χ0) is 18.9. The van der Waals surface area contributed by atoms with Crippen LogP contribution in [0.1, 0.15) is 57.4 Å². The smallest absolute Gasteiger partial charge is 0.292 e. The van der Waals surface area contributed by atoms with Crippen molar-refractivity contribution in [3.8, 4) is 0 Å². The van der Waals surface area contributed by atoms with E-state index in [1.807, 2.05) is 18.2 Å². The predicted molar refractivity (Wildman–Crippen MR) is 102 cm³/mol. The third kappa shape index (κ3) is 3.25. The van der Waals surface area contributed by atoms with Gasteiger partial charge in [-0.15, -0.1) is 0 Å². The molecule has 2 fully saturated rings. The summed E-state index contributed by atoms with van der Waals surface area (Å²) in [6.07, 6.45) is 6.84. The predicted octanol–water partition coefficient (Wildman–Crippen LogP) is 3.55.